The zero-order valence-corrected chi connectivity index (χ0v) is 14.0. The summed E-state index contributed by atoms with van der Waals surface area (Å²) in [6, 6.07) is 0. The normalized spacial score (nSPS) is 26.0. The number of hydrogen-bond acceptors (Lipinski definition) is 11. The molecular weight excluding hydrogens is 366 g/mol. The van der Waals surface area contributed by atoms with Crippen LogP contribution in [0.15, 0.2) is 12.7 Å². The molecule has 146 valence electrons. The minimum absolute atomic E-state index is 0.0722. The second kappa shape index (κ2) is 7.26. The van der Waals surface area contributed by atoms with Gasteiger partial charge in [0.2, 0.25) is 0 Å². The van der Waals surface area contributed by atoms with Gasteiger partial charge in [0, 0.05) is 6.54 Å². The summed E-state index contributed by atoms with van der Waals surface area (Å²) in [5.74, 6) is -0.730. The Morgan fingerprint density at radius 1 is 1.56 bits per heavy atom. The van der Waals surface area contributed by atoms with Crippen LogP contribution in [0.5, 0.6) is 0 Å². The average molecular weight is 383 g/mol. The summed E-state index contributed by atoms with van der Waals surface area (Å²) in [4.78, 5) is 39.1. The van der Waals surface area contributed by atoms with Crippen molar-refractivity contribution in [3.05, 3.63) is 22.8 Å². The van der Waals surface area contributed by atoms with Gasteiger partial charge in [-0.1, -0.05) is 0 Å². The van der Waals surface area contributed by atoms with E-state index in [2.05, 4.69) is 25.1 Å². The third-order valence-electron chi connectivity index (χ3n) is 4.05. The molecule has 1 fully saturated rings. The number of rotatable bonds is 6. The summed E-state index contributed by atoms with van der Waals surface area (Å²) in [7, 11) is 0. The van der Waals surface area contributed by atoms with Gasteiger partial charge in [-0.3, -0.25) is 9.36 Å². The molecule has 0 saturated carbocycles. The maximum Gasteiger partial charge on any atom is 0.295 e. The summed E-state index contributed by atoms with van der Waals surface area (Å²) >= 11 is 0. The Labute approximate surface area is 151 Å². The van der Waals surface area contributed by atoms with E-state index in [1.165, 1.54) is 10.9 Å². The van der Waals surface area contributed by atoms with Crippen molar-refractivity contribution >= 4 is 22.9 Å². The molecule has 14 nitrogen and oxygen atoms in total. The number of anilines is 1. The summed E-state index contributed by atoms with van der Waals surface area (Å²) in [5.41, 5.74) is 6.09. The number of carbonyl (C=O) groups is 1. The van der Waals surface area contributed by atoms with E-state index in [9.17, 15) is 25.1 Å². The second-order valence-corrected chi connectivity index (χ2v) is 5.70. The van der Waals surface area contributed by atoms with E-state index >= 15 is 0 Å². The van der Waals surface area contributed by atoms with Crippen molar-refractivity contribution in [3.8, 4) is 0 Å². The number of aromatic nitrogens is 4. The molecule has 27 heavy (non-hydrogen) atoms. The number of carbonyl (C=O) groups excluding carboxylic acids is 1. The highest BCUT2D eigenvalue weighted by Gasteiger charge is 2.51. The molecule has 1 aliphatic rings. The van der Waals surface area contributed by atoms with Crippen LogP contribution < -0.4 is 11.1 Å². The van der Waals surface area contributed by atoms with Crippen molar-refractivity contribution in [3.63, 3.8) is 0 Å². The van der Waals surface area contributed by atoms with Gasteiger partial charge < -0.3 is 30.8 Å². The fourth-order valence-electron chi connectivity index (χ4n) is 2.86. The maximum absolute atomic E-state index is 11.9. The van der Waals surface area contributed by atoms with Crippen LogP contribution in [-0.4, -0.2) is 71.7 Å². The van der Waals surface area contributed by atoms with Gasteiger partial charge in [-0.15, -0.1) is 10.1 Å². The van der Waals surface area contributed by atoms with Crippen molar-refractivity contribution in [1.82, 2.24) is 24.8 Å². The van der Waals surface area contributed by atoms with Gasteiger partial charge in [0.1, 0.15) is 24.1 Å². The van der Waals surface area contributed by atoms with E-state index in [1.54, 1.807) is 6.92 Å². The number of likely N-dealkylation sites (N-methyl/N-ethyl adjacent to an activating group) is 1. The molecule has 3 rings (SSSR count). The predicted molar refractivity (Wildman–Crippen MR) is 86.2 cm³/mol. The summed E-state index contributed by atoms with van der Waals surface area (Å²) in [5, 5.41) is 32.7. The lowest BCUT2D eigenvalue weighted by Gasteiger charge is -2.20. The first-order chi connectivity index (χ1) is 12.8. The molecule has 0 bridgehead atoms. The smallest absolute Gasteiger partial charge is 0.295 e. The first kappa shape index (κ1) is 18.7. The van der Waals surface area contributed by atoms with E-state index in [4.69, 9.17) is 10.5 Å². The molecule has 5 N–H and O–H groups in total. The van der Waals surface area contributed by atoms with Gasteiger partial charge in [0.15, 0.2) is 29.9 Å². The van der Waals surface area contributed by atoms with Crippen LogP contribution in [0, 0.1) is 10.1 Å². The molecule has 14 heteroatoms. The monoisotopic (exact) mass is 383 g/mol. The lowest BCUT2D eigenvalue weighted by atomic mass is 10.0. The lowest BCUT2D eigenvalue weighted by Crippen LogP contribution is -2.48. The zero-order valence-electron chi connectivity index (χ0n) is 14.0. The molecule has 1 aliphatic heterocycles. The molecule has 2 aromatic rings. The largest absolute Gasteiger partial charge is 0.388 e. The van der Waals surface area contributed by atoms with Gasteiger partial charge in [-0.25, -0.2) is 15.0 Å². The number of nitrogens with one attached hydrogen (secondary N) is 1. The number of aliphatic hydroxyl groups excluding tert-OH is 2. The fraction of sp³-hybridized carbons (Fsp3) is 0.538. The van der Waals surface area contributed by atoms with Crippen molar-refractivity contribution in [2.24, 2.45) is 0 Å². The van der Waals surface area contributed by atoms with Gasteiger partial charge in [-0.05, 0) is 6.92 Å². The van der Waals surface area contributed by atoms with Crippen LogP contribution in [0.1, 0.15) is 13.2 Å². The molecule has 1 saturated heterocycles. The highest BCUT2D eigenvalue weighted by Crippen LogP contribution is 2.35. The van der Waals surface area contributed by atoms with E-state index in [1.807, 2.05) is 0 Å². The Balaban J connectivity index is 1.97. The standard InChI is InChI=1S/C13H17N7O7/c1-2-15-12(23)7(22)8-6(21)9(27-20(24)25)13(26-8)19-4-18-5-10(14)16-3-17-11(5)19/h3-4,6-9,13,21-22H,2H2,1H3,(H,15,23)(H2,14,16,17)/t6-,7?,8+,9-,13-/m1/s1. The molecule has 2 aromatic heterocycles. The highest BCUT2D eigenvalue weighted by atomic mass is 17.0. The maximum atomic E-state index is 11.9. The molecule has 0 aliphatic carbocycles. The minimum atomic E-state index is -1.78. The number of aliphatic hydroxyl groups is 2. The Kier molecular flexibility index (Phi) is 5.02. The number of nitrogens with zero attached hydrogens (tertiary/aromatic N) is 5. The Hall–Kier alpha value is -3.10. The molecule has 5 atom stereocenters. The topological polar surface area (TPSA) is 201 Å². The molecule has 0 aromatic carbocycles. The van der Waals surface area contributed by atoms with Crippen molar-refractivity contribution in [2.75, 3.05) is 12.3 Å². The SMILES string of the molecule is CCNC(=O)C(O)[C@H]1O[C@@H](n2cnc3c(N)ncnc32)[C@H](O[N+](=O)[O-])[C@@H]1O. The van der Waals surface area contributed by atoms with Crippen LogP contribution >= 0.6 is 0 Å². The van der Waals surface area contributed by atoms with Crippen molar-refractivity contribution in [1.29, 1.82) is 0 Å². The average Bonchev–Trinajstić information content (AvgIpc) is 3.17. The first-order valence-corrected chi connectivity index (χ1v) is 7.88. The minimum Gasteiger partial charge on any atom is -0.388 e. The molecule has 1 amide bonds. The molecule has 0 radical (unpaired) electrons. The number of amides is 1. The zero-order chi connectivity index (χ0) is 19.7. The summed E-state index contributed by atoms with van der Waals surface area (Å²) < 4.78 is 6.79. The van der Waals surface area contributed by atoms with Crippen LogP contribution in [0.3, 0.4) is 0 Å². The van der Waals surface area contributed by atoms with Crippen molar-refractivity contribution < 1.29 is 29.7 Å². The lowest BCUT2D eigenvalue weighted by molar-refractivity contribution is -0.772. The van der Waals surface area contributed by atoms with E-state index in [0.717, 1.165) is 6.33 Å². The van der Waals surface area contributed by atoms with Crippen LogP contribution in [-0.2, 0) is 14.4 Å². The van der Waals surface area contributed by atoms with Crippen LogP contribution in [0.2, 0.25) is 0 Å². The van der Waals surface area contributed by atoms with Gasteiger partial charge in [0.25, 0.3) is 11.0 Å². The second-order valence-electron chi connectivity index (χ2n) is 5.70. The predicted octanol–water partition coefficient (Wildman–Crippen LogP) is -2.26. The number of nitrogen functional groups attached to an aromatic ring is 1. The number of nitrogens with two attached hydrogens (primary N) is 1. The van der Waals surface area contributed by atoms with E-state index in [-0.39, 0.29) is 23.5 Å². The Morgan fingerprint density at radius 3 is 2.96 bits per heavy atom. The number of fused-ring (bicyclic) bond motifs is 1. The van der Waals surface area contributed by atoms with E-state index < -0.39 is 41.6 Å². The van der Waals surface area contributed by atoms with Gasteiger partial charge >= 0.3 is 0 Å². The fourth-order valence-corrected chi connectivity index (χ4v) is 2.86. The number of hydrogen-bond donors (Lipinski definition) is 4. The van der Waals surface area contributed by atoms with E-state index in [0.29, 0.717) is 0 Å². The molecule has 1 unspecified atom stereocenters. The Bertz CT molecular complexity index is 859. The summed E-state index contributed by atoms with van der Waals surface area (Å²) in [6.45, 7) is 1.87. The number of imidazole rings is 1. The van der Waals surface area contributed by atoms with Crippen LogP contribution in [0.4, 0.5) is 5.82 Å². The van der Waals surface area contributed by atoms with Gasteiger partial charge in [0.05, 0.1) is 6.33 Å². The third kappa shape index (κ3) is 3.32. The van der Waals surface area contributed by atoms with Gasteiger partial charge in [-0.2, -0.15) is 0 Å². The summed E-state index contributed by atoms with van der Waals surface area (Å²) in [6.07, 6.45) is -5.42. The van der Waals surface area contributed by atoms with Crippen LogP contribution in [0.25, 0.3) is 11.2 Å². The highest BCUT2D eigenvalue weighted by molar-refractivity contribution is 5.82. The quantitative estimate of drug-likeness (QED) is 0.310. The molecular formula is C13H17N7O7. The van der Waals surface area contributed by atoms with Crippen molar-refractivity contribution in [2.45, 2.75) is 37.6 Å². The number of ether oxygens (including phenoxy) is 1. The molecule has 3 heterocycles. The first-order valence-electron chi connectivity index (χ1n) is 7.88. The molecule has 0 spiro atoms. The Morgan fingerprint density at radius 2 is 2.30 bits per heavy atom. The third-order valence-corrected chi connectivity index (χ3v) is 4.05.